The molecule has 0 atom stereocenters. The van der Waals surface area contributed by atoms with Crippen molar-refractivity contribution >= 4 is 11.6 Å². The molecule has 0 bridgehead atoms. The topological polar surface area (TPSA) is 50.6 Å². The third-order valence-corrected chi connectivity index (χ3v) is 4.65. The van der Waals surface area contributed by atoms with Crippen LogP contribution in [0.5, 0.6) is 0 Å². The van der Waals surface area contributed by atoms with E-state index in [2.05, 4.69) is 34.9 Å². The second-order valence-corrected chi connectivity index (χ2v) is 6.50. The largest absolute Gasteiger partial charge is 0.383 e. The maximum atomic E-state index is 13.0. The van der Waals surface area contributed by atoms with E-state index in [0.29, 0.717) is 26.4 Å². The Balaban J connectivity index is 2.11. The van der Waals surface area contributed by atoms with Gasteiger partial charge in [-0.3, -0.25) is 19.2 Å². The lowest BCUT2D eigenvalue weighted by Gasteiger charge is -2.38. The fourth-order valence-electron chi connectivity index (χ4n) is 3.29. The smallest absolute Gasteiger partial charge is 0.259 e. The van der Waals surface area contributed by atoms with Crippen LogP contribution in [0, 0.1) is 13.8 Å². The first-order chi connectivity index (χ1) is 12.0. The number of ether oxygens (including phenoxy) is 1. The normalized spacial score (nSPS) is 14.6. The number of benzene rings is 1. The van der Waals surface area contributed by atoms with E-state index < -0.39 is 0 Å². The standard InChI is InChI=1S/C19H26N4O2/c1-5-17-15(3)20-19-22(16-8-6-7-14(2)11-16)12-21(9-10-25-4)13-23(19)18(17)24/h6-8,11H,5,9-10,12-13H2,1-4H3. The van der Waals surface area contributed by atoms with E-state index in [1.165, 1.54) is 5.56 Å². The van der Waals surface area contributed by atoms with Crippen LogP contribution in [0.4, 0.5) is 11.6 Å². The highest BCUT2D eigenvalue weighted by Gasteiger charge is 2.27. The zero-order valence-corrected chi connectivity index (χ0v) is 15.5. The van der Waals surface area contributed by atoms with Gasteiger partial charge < -0.3 is 4.74 Å². The number of aromatic nitrogens is 2. The first kappa shape index (κ1) is 17.6. The van der Waals surface area contributed by atoms with Crippen LogP contribution in [0.3, 0.4) is 0 Å². The fraction of sp³-hybridized carbons (Fsp3) is 0.474. The minimum atomic E-state index is 0.0600. The summed E-state index contributed by atoms with van der Waals surface area (Å²) in [4.78, 5) is 22.1. The predicted octanol–water partition coefficient (Wildman–Crippen LogP) is 2.44. The number of fused-ring (bicyclic) bond motifs is 1. The van der Waals surface area contributed by atoms with E-state index >= 15 is 0 Å². The molecule has 0 fully saturated rings. The quantitative estimate of drug-likeness (QED) is 0.835. The lowest BCUT2D eigenvalue weighted by Crippen LogP contribution is -2.48. The molecule has 0 N–H and O–H groups in total. The summed E-state index contributed by atoms with van der Waals surface area (Å²) in [6, 6.07) is 8.29. The van der Waals surface area contributed by atoms with Crippen LogP contribution in [-0.4, -0.2) is 41.4 Å². The number of hydrogen-bond donors (Lipinski definition) is 0. The highest BCUT2D eigenvalue weighted by atomic mass is 16.5. The van der Waals surface area contributed by atoms with Gasteiger partial charge >= 0.3 is 0 Å². The molecule has 0 saturated carbocycles. The zero-order valence-electron chi connectivity index (χ0n) is 15.5. The van der Waals surface area contributed by atoms with E-state index in [1.54, 1.807) is 11.7 Å². The maximum absolute atomic E-state index is 13.0. The Labute approximate surface area is 148 Å². The summed E-state index contributed by atoms with van der Waals surface area (Å²) in [5, 5.41) is 0. The van der Waals surface area contributed by atoms with Crippen molar-refractivity contribution in [2.24, 2.45) is 0 Å². The maximum Gasteiger partial charge on any atom is 0.259 e. The first-order valence-corrected chi connectivity index (χ1v) is 8.71. The van der Waals surface area contributed by atoms with Crippen LogP contribution in [0.2, 0.25) is 0 Å². The molecule has 0 aliphatic carbocycles. The molecule has 3 rings (SSSR count). The van der Waals surface area contributed by atoms with Crippen LogP contribution in [0.1, 0.15) is 23.7 Å². The molecular weight excluding hydrogens is 316 g/mol. The molecule has 1 aliphatic rings. The Bertz CT molecular complexity index is 816. The summed E-state index contributed by atoms with van der Waals surface area (Å²) in [6.45, 7) is 8.62. The van der Waals surface area contributed by atoms with Crippen molar-refractivity contribution in [2.45, 2.75) is 33.9 Å². The summed E-state index contributed by atoms with van der Waals surface area (Å²) in [7, 11) is 1.70. The van der Waals surface area contributed by atoms with Gasteiger partial charge in [-0.2, -0.15) is 0 Å². The number of aryl methyl sites for hydroxylation is 2. The van der Waals surface area contributed by atoms with Gasteiger partial charge in [0.15, 0.2) is 0 Å². The highest BCUT2D eigenvalue weighted by Crippen LogP contribution is 2.28. The summed E-state index contributed by atoms with van der Waals surface area (Å²) < 4.78 is 7.01. The van der Waals surface area contributed by atoms with E-state index in [0.717, 1.165) is 29.4 Å². The number of nitrogens with zero attached hydrogens (tertiary/aromatic N) is 4. The van der Waals surface area contributed by atoms with Gasteiger partial charge in [0.2, 0.25) is 5.95 Å². The van der Waals surface area contributed by atoms with Crippen molar-refractivity contribution in [2.75, 3.05) is 31.8 Å². The van der Waals surface area contributed by atoms with Crippen LogP contribution in [0.25, 0.3) is 0 Å². The molecule has 1 aliphatic heterocycles. The van der Waals surface area contributed by atoms with Crippen LogP contribution in [-0.2, 0) is 17.8 Å². The van der Waals surface area contributed by atoms with Gasteiger partial charge in [-0.15, -0.1) is 0 Å². The third kappa shape index (κ3) is 3.45. The monoisotopic (exact) mass is 342 g/mol. The predicted molar refractivity (Wildman–Crippen MR) is 99.4 cm³/mol. The van der Waals surface area contributed by atoms with Gasteiger partial charge in [0.1, 0.15) is 0 Å². The van der Waals surface area contributed by atoms with Crippen molar-refractivity contribution < 1.29 is 4.74 Å². The average molecular weight is 342 g/mol. The van der Waals surface area contributed by atoms with E-state index in [-0.39, 0.29) is 5.56 Å². The lowest BCUT2D eigenvalue weighted by molar-refractivity contribution is 0.121. The van der Waals surface area contributed by atoms with Gasteiger partial charge in [-0.05, 0) is 38.0 Å². The number of anilines is 2. The molecule has 0 spiro atoms. The Morgan fingerprint density at radius 1 is 1.24 bits per heavy atom. The number of hydrogen-bond acceptors (Lipinski definition) is 5. The number of rotatable bonds is 5. The fourth-order valence-corrected chi connectivity index (χ4v) is 3.29. The molecule has 0 radical (unpaired) electrons. The van der Waals surface area contributed by atoms with Gasteiger partial charge in [-0.1, -0.05) is 19.1 Å². The van der Waals surface area contributed by atoms with Crippen molar-refractivity contribution in [3.05, 3.63) is 51.4 Å². The zero-order chi connectivity index (χ0) is 18.0. The summed E-state index contributed by atoms with van der Waals surface area (Å²) >= 11 is 0. The summed E-state index contributed by atoms with van der Waals surface area (Å²) in [5.41, 5.74) is 3.90. The van der Waals surface area contributed by atoms with Crippen molar-refractivity contribution in [1.82, 2.24) is 14.5 Å². The molecule has 2 aromatic rings. The molecule has 6 heteroatoms. The van der Waals surface area contributed by atoms with E-state index in [9.17, 15) is 4.79 Å². The Kier molecular flexibility index (Phi) is 5.20. The molecule has 2 heterocycles. The van der Waals surface area contributed by atoms with Crippen molar-refractivity contribution in [3.63, 3.8) is 0 Å². The van der Waals surface area contributed by atoms with Crippen LogP contribution in [0.15, 0.2) is 29.1 Å². The van der Waals surface area contributed by atoms with Crippen molar-refractivity contribution in [1.29, 1.82) is 0 Å². The molecule has 6 nitrogen and oxygen atoms in total. The van der Waals surface area contributed by atoms with Gasteiger partial charge in [0.05, 0.1) is 19.9 Å². The minimum Gasteiger partial charge on any atom is -0.383 e. The average Bonchev–Trinajstić information content (AvgIpc) is 2.60. The van der Waals surface area contributed by atoms with Gasteiger partial charge in [0, 0.05) is 30.6 Å². The Morgan fingerprint density at radius 3 is 2.72 bits per heavy atom. The molecular formula is C19H26N4O2. The van der Waals surface area contributed by atoms with Gasteiger partial charge in [-0.25, -0.2) is 4.98 Å². The lowest BCUT2D eigenvalue weighted by atomic mass is 10.2. The molecule has 1 aromatic carbocycles. The first-order valence-electron chi connectivity index (χ1n) is 8.71. The molecule has 25 heavy (non-hydrogen) atoms. The van der Waals surface area contributed by atoms with Crippen LogP contribution >= 0.6 is 0 Å². The minimum absolute atomic E-state index is 0.0600. The SMILES string of the molecule is CCc1c(C)nc2n(c1=O)CN(CCOC)CN2c1cccc(C)c1. The Hall–Kier alpha value is -2.18. The van der Waals surface area contributed by atoms with Gasteiger partial charge in [0.25, 0.3) is 5.56 Å². The Morgan fingerprint density at radius 2 is 2.04 bits per heavy atom. The third-order valence-electron chi connectivity index (χ3n) is 4.65. The number of methoxy groups -OCH3 is 1. The second kappa shape index (κ2) is 7.37. The highest BCUT2D eigenvalue weighted by molar-refractivity contribution is 5.59. The summed E-state index contributed by atoms with van der Waals surface area (Å²) in [6.07, 6.45) is 0.695. The van der Waals surface area contributed by atoms with E-state index in [4.69, 9.17) is 9.72 Å². The second-order valence-electron chi connectivity index (χ2n) is 6.50. The van der Waals surface area contributed by atoms with E-state index in [1.807, 2.05) is 19.9 Å². The molecule has 1 aromatic heterocycles. The van der Waals surface area contributed by atoms with Crippen molar-refractivity contribution in [3.8, 4) is 0 Å². The molecule has 0 saturated heterocycles. The molecule has 0 unspecified atom stereocenters. The molecule has 0 amide bonds. The van der Waals surface area contributed by atoms with Crippen LogP contribution < -0.4 is 10.5 Å². The summed E-state index contributed by atoms with van der Waals surface area (Å²) in [5.74, 6) is 0.721. The molecule has 134 valence electrons.